The van der Waals surface area contributed by atoms with Crippen LogP contribution in [-0.2, 0) is 4.74 Å². The van der Waals surface area contributed by atoms with Crippen molar-refractivity contribution in [2.45, 2.75) is 33.8 Å². The molecule has 0 aliphatic carbocycles. The SMILES string of the molecule is CC(=O)c1c(C)[nH]c(C(=O)[C@@H](C)OC(=O)c2ccc(Cl)cc2Cl)c1C. The maximum atomic E-state index is 12.6. The van der Waals surface area contributed by atoms with E-state index in [2.05, 4.69) is 4.98 Å². The molecular formula is C18H17Cl2NO4. The number of nitrogens with one attached hydrogen (secondary N) is 1. The molecule has 0 fully saturated rings. The fourth-order valence-electron chi connectivity index (χ4n) is 2.66. The zero-order valence-electron chi connectivity index (χ0n) is 14.2. The molecule has 1 aromatic carbocycles. The smallest absolute Gasteiger partial charge is 0.340 e. The standard InChI is InChI=1S/C18H17Cl2NO4/c1-8-15(10(3)22)9(2)21-16(8)17(23)11(4)25-18(24)13-6-5-12(19)7-14(13)20/h5-7,11,21H,1-4H3/t11-/m1/s1. The van der Waals surface area contributed by atoms with Crippen LogP contribution in [0, 0.1) is 13.8 Å². The Hall–Kier alpha value is -2.11. The van der Waals surface area contributed by atoms with Crippen LogP contribution in [0.4, 0.5) is 0 Å². The van der Waals surface area contributed by atoms with Gasteiger partial charge in [-0.2, -0.15) is 0 Å². The van der Waals surface area contributed by atoms with Crippen molar-refractivity contribution in [3.05, 3.63) is 56.3 Å². The molecular weight excluding hydrogens is 365 g/mol. The highest BCUT2D eigenvalue weighted by atomic mass is 35.5. The molecule has 0 bridgehead atoms. The molecule has 132 valence electrons. The third-order valence-corrected chi connectivity index (χ3v) is 4.39. The number of carbonyl (C=O) groups is 3. The Bertz CT molecular complexity index is 870. The minimum atomic E-state index is -1.05. The Balaban J connectivity index is 2.22. The maximum absolute atomic E-state index is 12.6. The molecule has 2 rings (SSSR count). The van der Waals surface area contributed by atoms with Gasteiger partial charge in [0.15, 0.2) is 11.9 Å². The summed E-state index contributed by atoms with van der Waals surface area (Å²) in [6.45, 7) is 6.29. The first-order chi connectivity index (χ1) is 11.6. The van der Waals surface area contributed by atoms with Crippen molar-refractivity contribution >= 4 is 40.7 Å². The van der Waals surface area contributed by atoms with Crippen LogP contribution in [0.5, 0.6) is 0 Å². The molecule has 0 amide bonds. The third kappa shape index (κ3) is 3.94. The number of aryl methyl sites for hydroxylation is 1. The number of hydrogen-bond donors (Lipinski definition) is 1. The molecule has 25 heavy (non-hydrogen) atoms. The van der Waals surface area contributed by atoms with E-state index in [4.69, 9.17) is 27.9 Å². The second-order valence-corrected chi connectivity index (χ2v) is 6.56. The summed E-state index contributed by atoms with van der Waals surface area (Å²) in [5.74, 6) is -1.29. The van der Waals surface area contributed by atoms with E-state index in [0.717, 1.165) is 0 Å². The average Bonchev–Trinajstić information content (AvgIpc) is 2.80. The van der Waals surface area contributed by atoms with Gasteiger partial charge in [0.2, 0.25) is 5.78 Å². The van der Waals surface area contributed by atoms with Crippen molar-refractivity contribution in [1.82, 2.24) is 4.98 Å². The van der Waals surface area contributed by atoms with Crippen molar-refractivity contribution in [2.75, 3.05) is 0 Å². The Labute approximate surface area is 155 Å². The second kappa shape index (κ2) is 7.42. The molecule has 0 spiro atoms. The van der Waals surface area contributed by atoms with E-state index >= 15 is 0 Å². The van der Waals surface area contributed by atoms with Crippen molar-refractivity contribution in [3.8, 4) is 0 Å². The van der Waals surface area contributed by atoms with Gasteiger partial charge in [0.05, 0.1) is 16.3 Å². The van der Waals surface area contributed by atoms with E-state index in [1.807, 2.05) is 0 Å². The first kappa shape index (κ1) is 19.2. The highest BCUT2D eigenvalue weighted by Crippen LogP contribution is 2.24. The summed E-state index contributed by atoms with van der Waals surface area (Å²) >= 11 is 11.8. The number of H-pyrrole nitrogens is 1. The first-order valence-electron chi connectivity index (χ1n) is 7.53. The molecule has 0 saturated carbocycles. The van der Waals surface area contributed by atoms with Crippen LogP contribution in [0.25, 0.3) is 0 Å². The van der Waals surface area contributed by atoms with E-state index in [1.165, 1.54) is 32.0 Å². The lowest BCUT2D eigenvalue weighted by Gasteiger charge is -2.13. The number of Topliss-reactive ketones (excluding diaryl/α,β-unsaturated/α-hetero) is 2. The molecule has 0 aliphatic rings. The molecule has 2 aromatic rings. The molecule has 0 aliphatic heterocycles. The largest absolute Gasteiger partial charge is 0.451 e. The zero-order chi connectivity index (χ0) is 18.9. The van der Waals surface area contributed by atoms with E-state index in [-0.39, 0.29) is 22.1 Å². The summed E-state index contributed by atoms with van der Waals surface area (Å²) in [6.07, 6.45) is -1.05. The Kier molecular flexibility index (Phi) is 5.70. The van der Waals surface area contributed by atoms with Crippen molar-refractivity contribution in [1.29, 1.82) is 0 Å². The maximum Gasteiger partial charge on any atom is 0.340 e. The van der Waals surface area contributed by atoms with Crippen LogP contribution >= 0.6 is 23.2 Å². The fourth-order valence-corrected chi connectivity index (χ4v) is 3.15. The highest BCUT2D eigenvalue weighted by molar-refractivity contribution is 6.36. The summed E-state index contributed by atoms with van der Waals surface area (Å²) in [7, 11) is 0. The second-order valence-electron chi connectivity index (χ2n) is 5.72. The zero-order valence-corrected chi connectivity index (χ0v) is 15.7. The number of hydrogen-bond acceptors (Lipinski definition) is 4. The topological polar surface area (TPSA) is 76.2 Å². The molecule has 1 aromatic heterocycles. The van der Waals surface area contributed by atoms with Gasteiger partial charge in [-0.15, -0.1) is 0 Å². The third-order valence-electron chi connectivity index (χ3n) is 3.84. The number of aromatic amines is 1. The van der Waals surface area contributed by atoms with E-state index in [1.54, 1.807) is 13.8 Å². The number of ketones is 2. The summed E-state index contributed by atoms with van der Waals surface area (Å²) in [4.78, 5) is 39.4. The van der Waals surface area contributed by atoms with Crippen molar-refractivity contribution < 1.29 is 19.1 Å². The lowest BCUT2D eigenvalue weighted by Crippen LogP contribution is -2.25. The summed E-state index contributed by atoms with van der Waals surface area (Å²) in [6, 6.07) is 4.36. The molecule has 1 heterocycles. The van der Waals surface area contributed by atoms with Crippen LogP contribution in [0.3, 0.4) is 0 Å². The van der Waals surface area contributed by atoms with Crippen LogP contribution in [0.1, 0.15) is 56.3 Å². The van der Waals surface area contributed by atoms with Crippen LogP contribution < -0.4 is 0 Å². The molecule has 7 heteroatoms. The Morgan fingerprint density at radius 3 is 2.32 bits per heavy atom. The number of carbonyl (C=O) groups excluding carboxylic acids is 3. The van der Waals surface area contributed by atoms with Crippen LogP contribution in [0.15, 0.2) is 18.2 Å². The monoisotopic (exact) mass is 381 g/mol. The first-order valence-corrected chi connectivity index (χ1v) is 8.29. The molecule has 0 radical (unpaired) electrons. The molecule has 1 atom stereocenters. The lowest BCUT2D eigenvalue weighted by molar-refractivity contribution is 0.0317. The van der Waals surface area contributed by atoms with Gasteiger partial charge >= 0.3 is 5.97 Å². The summed E-state index contributed by atoms with van der Waals surface area (Å²) < 4.78 is 5.22. The normalized spacial score (nSPS) is 11.9. The number of rotatable bonds is 5. The number of ether oxygens (including phenoxy) is 1. The lowest BCUT2D eigenvalue weighted by atomic mass is 10.0. The Morgan fingerprint density at radius 2 is 1.80 bits per heavy atom. The van der Waals surface area contributed by atoms with Crippen molar-refractivity contribution in [2.24, 2.45) is 0 Å². The van der Waals surface area contributed by atoms with Gasteiger partial charge < -0.3 is 9.72 Å². The minimum absolute atomic E-state index is 0.120. The molecule has 5 nitrogen and oxygen atoms in total. The van der Waals surface area contributed by atoms with Gasteiger partial charge in [-0.3, -0.25) is 9.59 Å². The number of esters is 1. The molecule has 0 unspecified atom stereocenters. The quantitative estimate of drug-likeness (QED) is 0.607. The van der Waals surface area contributed by atoms with Gasteiger partial charge in [0.1, 0.15) is 0 Å². The number of halogens is 2. The Morgan fingerprint density at radius 1 is 1.16 bits per heavy atom. The van der Waals surface area contributed by atoms with Gasteiger partial charge in [-0.05, 0) is 51.5 Å². The highest BCUT2D eigenvalue weighted by Gasteiger charge is 2.26. The van der Waals surface area contributed by atoms with Crippen LogP contribution in [-0.4, -0.2) is 28.6 Å². The predicted octanol–water partition coefficient (Wildman–Crippen LogP) is 4.57. The van der Waals surface area contributed by atoms with E-state index in [9.17, 15) is 14.4 Å². The van der Waals surface area contributed by atoms with Crippen molar-refractivity contribution in [3.63, 3.8) is 0 Å². The fraction of sp³-hybridized carbons (Fsp3) is 0.278. The van der Waals surface area contributed by atoms with Gasteiger partial charge in [-0.25, -0.2) is 4.79 Å². The van der Waals surface area contributed by atoms with Crippen LogP contribution in [0.2, 0.25) is 10.0 Å². The predicted molar refractivity (Wildman–Crippen MR) is 95.9 cm³/mol. The molecule has 1 N–H and O–H groups in total. The minimum Gasteiger partial charge on any atom is -0.451 e. The average molecular weight is 382 g/mol. The van der Waals surface area contributed by atoms with E-state index in [0.29, 0.717) is 21.8 Å². The van der Waals surface area contributed by atoms with Gasteiger partial charge in [-0.1, -0.05) is 23.2 Å². The summed E-state index contributed by atoms with van der Waals surface area (Å²) in [5.41, 5.74) is 2.00. The van der Waals surface area contributed by atoms with Gasteiger partial charge in [0, 0.05) is 16.3 Å². The van der Waals surface area contributed by atoms with E-state index < -0.39 is 17.9 Å². The number of aromatic nitrogens is 1. The van der Waals surface area contributed by atoms with Gasteiger partial charge in [0.25, 0.3) is 0 Å². The number of benzene rings is 1. The summed E-state index contributed by atoms with van der Waals surface area (Å²) in [5, 5.41) is 0.530. The molecule has 0 saturated heterocycles.